The summed E-state index contributed by atoms with van der Waals surface area (Å²) in [6, 6.07) is 10.3. The minimum atomic E-state index is 0.201. The molecule has 1 aliphatic carbocycles. The molecule has 2 aromatic rings. The monoisotopic (exact) mass is 334 g/mol. The van der Waals surface area contributed by atoms with E-state index >= 15 is 0 Å². The highest BCUT2D eigenvalue weighted by atomic mass is 32.2. The highest BCUT2D eigenvalue weighted by molar-refractivity contribution is 8.05. The number of thioether (sulfide) groups is 2. The topological polar surface area (TPSA) is 42.9 Å². The van der Waals surface area contributed by atoms with E-state index in [0.29, 0.717) is 6.42 Å². The predicted molar refractivity (Wildman–Crippen MR) is 89.1 cm³/mol. The van der Waals surface area contributed by atoms with Gasteiger partial charge in [-0.05, 0) is 35.1 Å². The summed E-state index contributed by atoms with van der Waals surface area (Å²) in [5.74, 6) is 0.478. The maximum Gasteiger partial charge on any atom is 0.179 e. The summed E-state index contributed by atoms with van der Waals surface area (Å²) < 4.78 is 1.87. The van der Waals surface area contributed by atoms with Gasteiger partial charge < -0.3 is 0 Å². The van der Waals surface area contributed by atoms with Crippen molar-refractivity contribution in [2.24, 2.45) is 0 Å². The lowest BCUT2D eigenvalue weighted by Gasteiger charge is -2.21. The first-order chi connectivity index (χ1) is 10.2. The van der Waals surface area contributed by atoms with E-state index in [2.05, 4.69) is 22.3 Å². The SMILES string of the molecule is CSc1nnc(SC2=CC(=O)C[C@@H](c3ccccc3)C2)s1. The number of hydrogen-bond donors (Lipinski definition) is 0. The lowest BCUT2D eigenvalue weighted by atomic mass is 9.87. The largest absolute Gasteiger partial charge is 0.295 e. The van der Waals surface area contributed by atoms with Crippen molar-refractivity contribution < 1.29 is 4.79 Å². The molecule has 0 amide bonds. The number of benzene rings is 1. The summed E-state index contributed by atoms with van der Waals surface area (Å²) in [5.41, 5.74) is 1.24. The fraction of sp³-hybridized carbons (Fsp3) is 0.267. The van der Waals surface area contributed by atoms with Crippen molar-refractivity contribution in [2.75, 3.05) is 6.26 Å². The Morgan fingerprint density at radius 2 is 1.90 bits per heavy atom. The van der Waals surface area contributed by atoms with Gasteiger partial charge in [0.15, 0.2) is 14.5 Å². The average Bonchev–Trinajstić information content (AvgIpc) is 2.95. The smallest absolute Gasteiger partial charge is 0.179 e. The highest BCUT2D eigenvalue weighted by Gasteiger charge is 2.23. The van der Waals surface area contributed by atoms with E-state index < -0.39 is 0 Å². The van der Waals surface area contributed by atoms with Gasteiger partial charge in [0.05, 0.1) is 0 Å². The van der Waals surface area contributed by atoms with Crippen LogP contribution in [-0.2, 0) is 4.79 Å². The molecule has 1 heterocycles. The lowest BCUT2D eigenvalue weighted by Crippen LogP contribution is -2.11. The van der Waals surface area contributed by atoms with Crippen molar-refractivity contribution in [3.8, 4) is 0 Å². The second-order valence-corrected chi connectivity index (χ2v) is 8.14. The van der Waals surface area contributed by atoms with Crippen LogP contribution in [0.25, 0.3) is 0 Å². The Morgan fingerprint density at radius 1 is 1.14 bits per heavy atom. The van der Waals surface area contributed by atoms with Gasteiger partial charge in [0.2, 0.25) is 0 Å². The van der Waals surface area contributed by atoms with Crippen molar-refractivity contribution in [2.45, 2.75) is 27.4 Å². The van der Waals surface area contributed by atoms with Crippen LogP contribution in [-0.4, -0.2) is 22.2 Å². The summed E-state index contributed by atoms with van der Waals surface area (Å²) in [6.07, 6.45) is 5.25. The molecule has 0 spiro atoms. The summed E-state index contributed by atoms with van der Waals surface area (Å²) in [4.78, 5) is 13.1. The number of allylic oxidation sites excluding steroid dienone is 2. The first-order valence-corrected chi connectivity index (χ1v) is 9.44. The van der Waals surface area contributed by atoms with Crippen molar-refractivity contribution in [1.29, 1.82) is 0 Å². The Labute approximate surface area is 136 Å². The Bertz CT molecular complexity index is 667. The van der Waals surface area contributed by atoms with Crippen molar-refractivity contribution in [3.63, 3.8) is 0 Å². The Balaban J connectivity index is 1.75. The molecule has 1 aliphatic rings. The number of nitrogens with zero attached hydrogens (tertiary/aromatic N) is 2. The van der Waals surface area contributed by atoms with Gasteiger partial charge in [-0.15, -0.1) is 10.2 Å². The molecule has 0 aliphatic heterocycles. The van der Waals surface area contributed by atoms with Gasteiger partial charge >= 0.3 is 0 Å². The molecule has 0 saturated carbocycles. The van der Waals surface area contributed by atoms with Crippen LogP contribution in [0.2, 0.25) is 0 Å². The van der Waals surface area contributed by atoms with Crippen LogP contribution in [0.4, 0.5) is 0 Å². The van der Waals surface area contributed by atoms with Gasteiger partial charge in [0.25, 0.3) is 0 Å². The van der Waals surface area contributed by atoms with Crippen LogP contribution in [0.15, 0.2) is 50.0 Å². The molecule has 6 heteroatoms. The molecule has 0 fully saturated rings. The van der Waals surface area contributed by atoms with E-state index in [4.69, 9.17) is 0 Å². The van der Waals surface area contributed by atoms with Crippen molar-refractivity contribution >= 4 is 40.6 Å². The van der Waals surface area contributed by atoms with E-state index in [0.717, 1.165) is 20.0 Å². The minimum Gasteiger partial charge on any atom is -0.295 e. The molecule has 108 valence electrons. The van der Waals surface area contributed by atoms with E-state index in [1.165, 1.54) is 5.56 Å². The molecule has 1 aromatic carbocycles. The molecule has 21 heavy (non-hydrogen) atoms. The third kappa shape index (κ3) is 3.75. The maximum absolute atomic E-state index is 12.0. The van der Waals surface area contributed by atoms with Gasteiger partial charge in [0, 0.05) is 6.42 Å². The molecule has 0 radical (unpaired) electrons. The standard InChI is InChI=1S/C15H14N2OS3/c1-19-14-16-17-15(21-14)20-13-8-11(7-12(18)9-13)10-5-3-2-4-6-10/h2-6,9,11H,7-8H2,1H3/t11-/m1/s1. The van der Waals surface area contributed by atoms with E-state index in [9.17, 15) is 4.79 Å². The van der Waals surface area contributed by atoms with E-state index in [1.807, 2.05) is 24.5 Å². The predicted octanol–water partition coefficient (Wildman–Crippen LogP) is 4.38. The third-order valence-corrected chi connectivity index (χ3v) is 6.27. The summed E-state index contributed by atoms with van der Waals surface area (Å²) in [6.45, 7) is 0. The molecular weight excluding hydrogens is 320 g/mol. The van der Waals surface area contributed by atoms with E-state index in [-0.39, 0.29) is 11.7 Å². The van der Waals surface area contributed by atoms with Crippen LogP contribution in [0.5, 0.6) is 0 Å². The summed E-state index contributed by atoms with van der Waals surface area (Å²) >= 11 is 4.75. The zero-order chi connectivity index (χ0) is 14.7. The highest BCUT2D eigenvalue weighted by Crippen LogP contribution is 2.40. The maximum atomic E-state index is 12.0. The van der Waals surface area contributed by atoms with E-state index in [1.54, 1.807) is 40.9 Å². The number of hydrogen-bond acceptors (Lipinski definition) is 6. The number of aromatic nitrogens is 2. The van der Waals surface area contributed by atoms with Crippen LogP contribution >= 0.6 is 34.9 Å². The average molecular weight is 334 g/mol. The first kappa shape index (κ1) is 14.8. The fourth-order valence-corrected chi connectivity index (χ4v) is 4.99. The minimum absolute atomic E-state index is 0.201. The van der Waals surface area contributed by atoms with Crippen LogP contribution in [0.1, 0.15) is 24.3 Å². The lowest BCUT2D eigenvalue weighted by molar-refractivity contribution is -0.115. The Hall–Kier alpha value is -1.11. The normalized spacial score (nSPS) is 18.6. The quantitative estimate of drug-likeness (QED) is 0.776. The van der Waals surface area contributed by atoms with Gasteiger partial charge in [0.1, 0.15) is 0 Å². The molecule has 1 atom stereocenters. The third-order valence-electron chi connectivity index (χ3n) is 3.27. The molecular formula is C15H14N2OS3. The zero-order valence-electron chi connectivity index (χ0n) is 11.5. The van der Waals surface area contributed by atoms with Crippen LogP contribution in [0, 0.1) is 0 Å². The second-order valence-electron chi connectivity index (χ2n) is 4.73. The summed E-state index contributed by atoms with van der Waals surface area (Å²) in [7, 11) is 0. The summed E-state index contributed by atoms with van der Waals surface area (Å²) in [5, 5.41) is 8.26. The number of carbonyl (C=O) groups excluding carboxylic acids is 1. The van der Waals surface area contributed by atoms with Gasteiger partial charge in [-0.2, -0.15) is 0 Å². The fourth-order valence-electron chi connectivity index (χ4n) is 2.32. The van der Waals surface area contributed by atoms with Crippen LogP contribution < -0.4 is 0 Å². The Morgan fingerprint density at radius 3 is 2.62 bits per heavy atom. The zero-order valence-corrected chi connectivity index (χ0v) is 13.9. The van der Waals surface area contributed by atoms with Gasteiger partial charge in [-0.3, -0.25) is 4.79 Å². The Kier molecular flexibility index (Phi) is 4.77. The molecule has 0 bridgehead atoms. The molecule has 0 saturated heterocycles. The molecule has 0 unspecified atom stereocenters. The number of rotatable bonds is 4. The molecule has 3 rings (SSSR count). The first-order valence-electron chi connectivity index (χ1n) is 6.58. The van der Waals surface area contributed by atoms with Crippen molar-refractivity contribution in [3.05, 3.63) is 46.9 Å². The molecule has 3 nitrogen and oxygen atoms in total. The van der Waals surface area contributed by atoms with Crippen LogP contribution in [0.3, 0.4) is 0 Å². The van der Waals surface area contributed by atoms with Gasteiger partial charge in [-0.25, -0.2) is 0 Å². The number of carbonyl (C=O) groups is 1. The molecule has 1 aromatic heterocycles. The second kappa shape index (κ2) is 6.77. The van der Waals surface area contributed by atoms with Gasteiger partial charge in [-0.1, -0.05) is 65.2 Å². The van der Waals surface area contributed by atoms with Crippen molar-refractivity contribution in [1.82, 2.24) is 10.2 Å². The molecule has 0 N–H and O–H groups in total. The number of ketones is 1.